The lowest BCUT2D eigenvalue weighted by molar-refractivity contribution is -0.174. The zero-order valence-electron chi connectivity index (χ0n) is 13.3. The molecule has 2 saturated carbocycles. The summed E-state index contributed by atoms with van der Waals surface area (Å²) in [6.07, 6.45) is 1.19. The minimum atomic E-state index is -1.01. The molecule has 1 saturated heterocycles. The Labute approximate surface area is 134 Å². The summed E-state index contributed by atoms with van der Waals surface area (Å²) in [6.45, 7) is 2.50. The van der Waals surface area contributed by atoms with Crippen molar-refractivity contribution in [2.24, 2.45) is 23.2 Å². The van der Waals surface area contributed by atoms with Gasteiger partial charge in [-0.3, -0.25) is 9.59 Å². The van der Waals surface area contributed by atoms with Crippen LogP contribution in [0, 0.1) is 23.2 Å². The highest BCUT2D eigenvalue weighted by atomic mass is 16.6. The molecule has 7 nitrogen and oxygen atoms in total. The molecule has 0 amide bonds. The molecule has 2 aliphatic carbocycles. The number of hydrogen-bond acceptors (Lipinski definition) is 7. The number of rotatable bonds is 6. The third-order valence-corrected chi connectivity index (χ3v) is 5.62. The van der Waals surface area contributed by atoms with Crippen molar-refractivity contribution in [3.63, 3.8) is 0 Å². The molecule has 2 bridgehead atoms. The van der Waals surface area contributed by atoms with Gasteiger partial charge in [-0.2, -0.15) is 0 Å². The predicted octanol–water partition coefficient (Wildman–Crippen LogP) is 0.431. The topological polar surface area (TPSA) is 99.1 Å². The number of fused-ring (bicyclic) bond motifs is 1. The van der Waals surface area contributed by atoms with Gasteiger partial charge in [-0.25, -0.2) is 4.79 Å². The Morgan fingerprint density at radius 3 is 2.78 bits per heavy atom. The summed E-state index contributed by atoms with van der Waals surface area (Å²) < 4.78 is 15.7. The number of esters is 3. The number of aliphatic hydroxyl groups excluding tert-OH is 1. The maximum absolute atomic E-state index is 11.9. The molecule has 3 rings (SSSR count). The Morgan fingerprint density at radius 1 is 1.39 bits per heavy atom. The van der Waals surface area contributed by atoms with Gasteiger partial charge >= 0.3 is 17.9 Å². The summed E-state index contributed by atoms with van der Waals surface area (Å²) in [5.41, 5.74) is -1.01. The van der Waals surface area contributed by atoms with E-state index in [0.717, 1.165) is 6.42 Å². The number of carbonyl (C=O) groups is 3. The molecule has 23 heavy (non-hydrogen) atoms. The van der Waals surface area contributed by atoms with Gasteiger partial charge in [-0.1, -0.05) is 6.92 Å². The van der Waals surface area contributed by atoms with Crippen LogP contribution < -0.4 is 0 Å². The van der Waals surface area contributed by atoms with Crippen molar-refractivity contribution in [1.29, 1.82) is 0 Å². The van der Waals surface area contributed by atoms with Gasteiger partial charge in [0.1, 0.15) is 12.2 Å². The zero-order valence-corrected chi connectivity index (χ0v) is 13.3. The maximum atomic E-state index is 11.9. The van der Waals surface area contributed by atoms with Crippen LogP contribution in [0.25, 0.3) is 0 Å². The molecule has 1 heterocycles. The number of carbonyl (C=O) groups excluding carboxylic acids is 3. The SMILES string of the molecule is CCC(C)(CO)C(=O)OCC(=O)OC1C2CC3C(=O)OC1C3C2. The molecular formula is C16H22O7. The van der Waals surface area contributed by atoms with E-state index in [1.165, 1.54) is 0 Å². The standard InChI is InChI=1S/C16H22O7/c1-3-16(2,7-17)15(20)21-6-11(18)22-12-8-4-9-10(5-8)14(19)23-13(9)12/h8-10,12-13,17H,3-7H2,1-2H3. The maximum Gasteiger partial charge on any atom is 0.344 e. The lowest BCUT2D eigenvalue weighted by atomic mass is 9.88. The van der Waals surface area contributed by atoms with Gasteiger partial charge in [0.05, 0.1) is 17.9 Å². The Morgan fingerprint density at radius 2 is 2.13 bits per heavy atom. The molecule has 0 aromatic rings. The molecule has 0 aromatic heterocycles. The number of ether oxygens (including phenoxy) is 3. The predicted molar refractivity (Wildman–Crippen MR) is 75.9 cm³/mol. The molecule has 0 radical (unpaired) electrons. The molecule has 3 fully saturated rings. The fraction of sp³-hybridized carbons (Fsp3) is 0.812. The summed E-state index contributed by atoms with van der Waals surface area (Å²) in [7, 11) is 0. The minimum Gasteiger partial charge on any atom is -0.458 e. The van der Waals surface area contributed by atoms with Crippen LogP contribution in [0.3, 0.4) is 0 Å². The molecule has 7 heteroatoms. The van der Waals surface area contributed by atoms with Crippen molar-refractivity contribution < 1.29 is 33.7 Å². The van der Waals surface area contributed by atoms with Crippen LogP contribution in [0.2, 0.25) is 0 Å². The quantitative estimate of drug-likeness (QED) is 0.558. The average molecular weight is 326 g/mol. The van der Waals surface area contributed by atoms with Crippen LogP contribution >= 0.6 is 0 Å². The molecule has 0 aromatic carbocycles. The van der Waals surface area contributed by atoms with Gasteiger partial charge in [0.2, 0.25) is 0 Å². The first-order valence-electron chi connectivity index (χ1n) is 8.07. The van der Waals surface area contributed by atoms with E-state index < -0.39 is 30.1 Å². The lowest BCUT2D eigenvalue weighted by Crippen LogP contribution is -2.38. The van der Waals surface area contributed by atoms with E-state index in [1.54, 1.807) is 13.8 Å². The molecule has 3 aliphatic rings. The van der Waals surface area contributed by atoms with E-state index in [4.69, 9.17) is 14.2 Å². The van der Waals surface area contributed by atoms with Crippen LogP contribution in [-0.2, 0) is 28.6 Å². The van der Waals surface area contributed by atoms with Crippen LogP contribution in [0.4, 0.5) is 0 Å². The molecule has 1 N–H and O–H groups in total. The molecular weight excluding hydrogens is 304 g/mol. The van der Waals surface area contributed by atoms with Gasteiger partial charge in [-0.15, -0.1) is 0 Å². The molecule has 1 aliphatic heterocycles. The van der Waals surface area contributed by atoms with Crippen molar-refractivity contribution in [1.82, 2.24) is 0 Å². The Bertz CT molecular complexity index is 525. The average Bonchev–Trinajstić information content (AvgIpc) is 3.16. The minimum absolute atomic E-state index is 0.0346. The van der Waals surface area contributed by atoms with E-state index in [2.05, 4.69) is 0 Å². The number of hydrogen-bond donors (Lipinski definition) is 1. The second kappa shape index (κ2) is 5.78. The largest absolute Gasteiger partial charge is 0.458 e. The normalized spacial score (nSPS) is 36.5. The lowest BCUT2D eigenvalue weighted by Gasteiger charge is -2.26. The van der Waals surface area contributed by atoms with E-state index in [9.17, 15) is 19.5 Å². The zero-order chi connectivity index (χ0) is 16.8. The van der Waals surface area contributed by atoms with E-state index in [1.807, 2.05) is 0 Å². The smallest absolute Gasteiger partial charge is 0.344 e. The van der Waals surface area contributed by atoms with Gasteiger partial charge in [0.15, 0.2) is 6.61 Å². The van der Waals surface area contributed by atoms with Crippen LogP contribution in [0.5, 0.6) is 0 Å². The van der Waals surface area contributed by atoms with Crippen molar-refractivity contribution in [2.75, 3.05) is 13.2 Å². The monoisotopic (exact) mass is 326 g/mol. The Hall–Kier alpha value is -1.63. The first-order chi connectivity index (χ1) is 10.9. The second-order valence-electron chi connectivity index (χ2n) is 7.01. The molecule has 128 valence electrons. The highest BCUT2D eigenvalue weighted by molar-refractivity contribution is 5.80. The second-order valence-corrected chi connectivity index (χ2v) is 7.01. The van der Waals surface area contributed by atoms with Crippen molar-refractivity contribution in [3.8, 4) is 0 Å². The van der Waals surface area contributed by atoms with Crippen molar-refractivity contribution in [3.05, 3.63) is 0 Å². The van der Waals surface area contributed by atoms with Crippen LogP contribution in [0.1, 0.15) is 33.1 Å². The van der Waals surface area contributed by atoms with Gasteiger partial charge in [0, 0.05) is 11.8 Å². The summed E-state index contributed by atoms with van der Waals surface area (Å²) in [5.74, 6) is -1.18. The third-order valence-electron chi connectivity index (χ3n) is 5.62. The molecule has 6 unspecified atom stereocenters. The summed E-state index contributed by atoms with van der Waals surface area (Å²) >= 11 is 0. The first-order valence-corrected chi connectivity index (χ1v) is 8.07. The highest BCUT2D eigenvalue weighted by Crippen LogP contribution is 2.55. The van der Waals surface area contributed by atoms with Crippen molar-refractivity contribution in [2.45, 2.75) is 45.3 Å². The Kier molecular flexibility index (Phi) is 4.08. The highest BCUT2D eigenvalue weighted by Gasteiger charge is 2.63. The summed E-state index contributed by atoms with van der Waals surface area (Å²) in [4.78, 5) is 35.5. The summed E-state index contributed by atoms with van der Waals surface area (Å²) in [6, 6.07) is 0. The van der Waals surface area contributed by atoms with Gasteiger partial charge < -0.3 is 19.3 Å². The van der Waals surface area contributed by atoms with E-state index in [0.29, 0.717) is 12.8 Å². The first kappa shape index (κ1) is 16.2. The third kappa shape index (κ3) is 2.60. The van der Waals surface area contributed by atoms with Crippen LogP contribution in [-0.4, -0.2) is 48.4 Å². The van der Waals surface area contributed by atoms with Gasteiger partial charge in [0.25, 0.3) is 0 Å². The van der Waals surface area contributed by atoms with Crippen LogP contribution in [0.15, 0.2) is 0 Å². The molecule has 6 atom stereocenters. The van der Waals surface area contributed by atoms with E-state index in [-0.39, 0.29) is 36.4 Å². The summed E-state index contributed by atoms with van der Waals surface area (Å²) in [5, 5.41) is 9.25. The fourth-order valence-corrected chi connectivity index (χ4v) is 3.87. The number of aliphatic hydroxyl groups is 1. The Balaban J connectivity index is 1.51. The van der Waals surface area contributed by atoms with E-state index >= 15 is 0 Å². The fourth-order valence-electron chi connectivity index (χ4n) is 3.87. The van der Waals surface area contributed by atoms with Crippen molar-refractivity contribution >= 4 is 17.9 Å². The van der Waals surface area contributed by atoms with Gasteiger partial charge in [-0.05, 0) is 26.2 Å². The molecule has 0 spiro atoms.